The van der Waals surface area contributed by atoms with Crippen molar-refractivity contribution in [1.29, 1.82) is 0 Å². The minimum Gasteiger partial charge on any atom is -0.508 e. The molecular formula is C14H13N2O3+. The molecule has 3 rings (SSSR count). The zero-order valence-electron chi connectivity index (χ0n) is 10.4. The molecule has 0 radical (unpaired) electrons. The Kier molecular flexibility index (Phi) is 2.59. The number of phenolic OH excluding ortho intramolecular Hbond substituents is 1. The van der Waals surface area contributed by atoms with E-state index in [4.69, 9.17) is 4.42 Å². The fourth-order valence-electron chi connectivity index (χ4n) is 2.12. The Hall–Kier alpha value is -2.56. The predicted molar refractivity (Wildman–Crippen MR) is 69.9 cm³/mol. The van der Waals surface area contributed by atoms with Gasteiger partial charge in [0, 0.05) is 6.07 Å². The summed E-state index contributed by atoms with van der Waals surface area (Å²) < 4.78 is 5.43. The van der Waals surface area contributed by atoms with Gasteiger partial charge in [0.15, 0.2) is 5.69 Å². The van der Waals surface area contributed by atoms with E-state index in [1.807, 2.05) is 6.92 Å². The maximum atomic E-state index is 12.4. The number of hydrogen-bond acceptors (Lipinski definition) is 3. The second-order valence-electron chi connectivity index (χ2n) is 4.32. The van der Waals surface area contributed by atoms with Gasteiger partial charge in [-0.15, -0.1) is 0 Å². The summed E-state index contributed by atoms with van der Waals surface area (Å²) in [6, 6.07) is 3.17. The second kappa shape index (κ2) is 4.28. The molecule has 0 aliphatic carbocycles. The highest BCUT2D eigenvalue weighted by Crippen LogP contribution is 2.25. The largest absolute Gasteiger partial charge is 0.508 e. The van der Waals surface area contributed by atoms with E-state index in [0.717, 1.165) is 5.56 Å². The lowest BCUT2D eigenvalue weighted by Gasteiger charge is -2.04. The Balaban J connectivity index is 2.33. The van der Waals surface area contributed by atoms with Crippen LogP contribution in [0.5, 0.6) is 5.75 Å². The lowest BCUT2D eigenvalue weighted by Crippen LogP contribution is -2.05. The molecule has 2 aromatic heterocycles. The Labute approximate surface area is 108 Å². The molecule has 1 aromatic carbocycles. The first kappa shape index (κ1) is 11.5. The van der Waals surface area contributed by atoms with Crippen molar-refractivity contribution in [3.63, 3.8) is 0 Å². The van der Waals surface area contributed by atoms with Crippen molar-refractivity contribution in [1.82, 2.24) is 4.98 Å². The molecule has 0 spiro atoms. The third-order valence-electron chi connectivity index (χ3n) is 3.18. The maximum absolute atomic E-state index is 12.4. The molecule has 2 heterocycles. The van der Waals surface area contributed by atoms with Gasteiger partial charge in [0.25, 0.3) is 0 Å². The topological polar surface area (TPSA) is 80.4 Å². The van der Waals surface area contributed by atoms with Crippen molar-refractivity contribution in [2.24, 2.45) is 0 Å². The summed E-state index contributed by atoms with van der Waals surface area (Å²) >= 11 is 0. The minimum atomic E-state index is -0.119. The van der Waals surface area contributed by atoms with Crippen LogP contribution in [0.15, 0.2) is 40.1 Å². The third-order valence-corrected chi connectivity index (χ3v) is 3.18. The summed E-state index contributed by atoms with van der Waals surface area (Å²) in [4.78, 5) is 18.2. The molecule has 0 atom stereocenters. The van der Waals surface area contributed by atoms with Gasteiger partial charge in [-0.3, -0.25) is 4.79 Å². The first-order valence-corrected chi connectivity index (χ1v) is 6.03. The van der Waals surface area contributed by atoms with E-state index in [-0.39, 0.29) is 11.2 Å². The van der Waals surface area contributed by atoms with Crippen LogP contribution in [0.3, 0.4) is 0 Å². The van der Waals surface area contributed by atoms with E-state index >= 15 is 0 Å². The highest BCUT2D eigenvalue weighted by Gasteiger charge is 2.14. The van der Waals surface area contributed by atoms with Crippen LogP contribution in [0.1, 0.15) is 12.5 Å². The summed E-state index contributed by atoms with van der Waals surface area (Å²) in [6.45, 7) is 1.92. The summed E-state index contributed by atoms with van der Waals surface area (Å²) in [5.74, 6) is 0.152. The van der Waals surface area contributed by atoms with Crippen LogP contribution < -0.4 is 10.4 Å². The highest BCUT2D eigenvalue weighted by molar-refractivity contribution is 5.82. The van der Waals surface area contributed by atoms with Crippen LogP contribution in [0.2, 0.25) is 0 Å². The van der Waals surface area contributed by atoms with Gasteiger partial charge in [-0.05, 0) is 18.1 Å². The standard InChI is InChI=1S/C14H12N2O3/c1-2-8-3-9-13(4-12(8)17)19-6-10(14(9)18)11-5-15-7-16-11/h3-7,17H,2H2,1H3,(H,15,16)/p+1. The van der Waals surface area contributed by atoms with Gasteiger partial charge in [0.1, 0.15) is 29.4 Å². The third kappa shape index (κ3) is 1.79. The number of rotatable bonds is 2. The number of phenols is 1. The van der Waals surface area contributed by atoms with Gasteiger partial charge in [-0.2, -0.15) is 0 Å². The first-order chi connectivity index (χ1) is 9.20. The predicted octanol–water partition coefficient (Wildman–Crippen LogP) is 1.87. The monoisotopic (exact) mass is 257 g/mol. The normalized spacial score (nSPS) is 11.0. The van der Waals surface area contributed by atoms with E-state index in [2.05, 4.69) is 9.97 Å². The van der Waals surface area contributed by atoms with Crippen LogP contribution in [-0.4, -0.2) is 10.1 Å². The first-order valence-electron chi connectivity index (χ1n) is 6.03. The number of aromatic amines is 2. The van der Waals surface area contributed by atoms with Crippen LogP contribution >= 0.6 is 0 Å². The number of imidazole rings is 1. The highest BCUT2D eigenvalue weighted by atomic mass is 16.3. The molecule has 0 saturated carbocycles. The Morgan fingerprint density at radius 1 is 1.42 bits per heavy atom. The molecule has 0 unspecified atom stereocenters. The van der Waals surface area contributed by atoms with Crippen LogP contribution in [-0.2, 0) is 6.42 Å². The lowest BCUT2D eigenvalue weighted by molar-refractivity contribution is -0.375. The summed E-state index contributed by atoms with van der Waals surface area (Å²) in [6.07, 6.45) is 5.38. The van der Waals surface area contributed by atoms with Crippen molar-refractivity contribution in [2.45, 2.75) is 13.3 Å². The van der Waals surface area contributed by atoms with E-state index in [9.17, 15) is 9.90 Å². The summed E-state index contributed by atoms with van der Waals surface area (Å²) in [5, 5.41) is 10.3. The van der Waals surface area contributed by atoms with Crippen LogP contribution in [0.4, 0.5) is 0 Å². The number of H-pyrrole nitrogens is 2. The number of aryl methyl sites for hydroxylation is 1. The zero-order chi connectivity index (χ0) is 13.4. The quantitative estimate of drug-likeness (QED) is 0.735. The number of fused-ring (bicyclic) bond motifs is 1. The fourth-order valence-corrected chi connectivity index (χ4v) is 2.12. The van der Waals surface area contributed by atoms with Gasteiger partial charge in [-0.1, -0.05) is 6.92 Å². The van der Waals surface area contributed by atoms with Crippen LogP contribution in [0, 0.1) is 0 Å². The van der Waals surface area contributed by atoms with Crippen molar-refractivity contribution in [2.75, 3.05) is 0 Å². The molecule has 96 valence electrons. The number of hydrogen-bond donors (Lipinski definition) is 2. The Morgan fingerprint density at radius 3 is 2.95 bits per heavy atom. The Morgan fingerprint density at radius 2 is 2.26 bits per heavy atom. The molecule has 0 fully saturated rings. The average molecular weight is 257 g/mol. The smallest absolute Gasteiger partial charge is 0.239 e. The molecule has 0 saturated heterocycles. The lowest BCUT2D eigenvalue weighted by atomic mass is 10.1. The minimum absolute atomic E-state index is 0.119. The van der Waals surface area contributed by atoms with Crippen LogP contribution in [0.25, 0.3) is 22.2 Å². The molecule has 0 aliphatic heterocycles. The van der Waals surface area contributed by atoms with Crippen molar-refractivity contribution >= 4 is 11.0 Å². The number of aromatic hydroxyl groups is 1. The van der Waals surface area contributed by atoms with E-state index in [0.29, 0.717) is 28.6 Å². The average Bonchev–Trinajstić information content (AvgIpc) is 2.92. The van der Waals surface area contributed by atoms with E-state index in [1.54, 1.807) is 18.6 Å². The van der Waals surface area contributed by atoms with Crippen molar-refractivity contribution < 1.29 is 14.5 Å². The molecule has 5 heteroatoms. The number of nitrogens with one attached hydrogen (secondary N) is 2. The molecule has 0 bridgehead atoms. The Bertz CT molecular complexity index is 788. The number of aromatic nitrogens is 2. The number of benzene rings is 1. The summed E-state index contributed by atoms with van der Waals surface area (Å²) in [7, 11) is 0. The van der Waals surface area contributed by atoms with Gasteiger partial charge in [0.2, 0.25) is 11.8 Å². The molecule has 3 N–H and O–H groups in total. The molecule has 5 nitrogen and oxygen atoms in total. The van der Waals surface area contributed by atoms with Gasteiger partial charge >= 0.3 is 0 Å². The van der Waals surface area contributed by atoms with E-state index in [1.165, 1.54) is 12.3 Å². The molecule has 3 aromatic rings. The van der Waals surface area contributed by atoms with E-state index < -0.39 is 0 Å². The van der Waals surface area contributed by atoms with Gasteiger partial charge in [0.05, 0.1) is 5.39 Å². The van der Waals surface area contributed by atoms with Crippen molar-refractivity contribution in [3.05, 3.63) is 46.7 Å². The fraction of sp³-hybridized carbons (Fsp3) is 0.143. The second-order valence-corrected chi connectivity index (χ2v) is 4.32. The van der Waals surface area contributed by atoms with Gasteiger partial charge in [-0.25, -0.2) is 9.97 Å². The molecule has 0 aliphatic rings. The maximum Gasteiger partial charge on any atom is 0.239 e. The van der Waals surface area contributed by atoms with Crippen molar-refractivity contribution in [3.8, 4) is 17.0 Å². The SMILES string of the molecule is CCc1cc2c(=O)c(-c3c[nH+]c[nH]3)coc2cc1O. The summed E-state index contributed by atoms with van der Waals surface area (Å²) in [5.41, 5.74) is 2.13. The molecule has 19 heavy (non-hydrogen) atoms. The molecular weight excluding hydrogens is 244 g/mol. The molecule has 0 amide bonds. The van der Waals surface area contributed by atoms with Gasteiger partial charge < -0.3 is 9.52 Å². The zero-order valence-corrected chi connectivity index (χ0v) is 10.4.